The lowest BCUT2D eigenvalue weighted by atomic mass is 10.0. The van der Waals surface area contributed by atoms with Crippen LogP contribution in [0.15, 0.2) is 77.8 Å². The van der Waals surface area contributed by atoms with E-state index in [1.807, 2.05) is 0 Å². The first-order valence-corrected chi connectivity index (χ1v) is 10.9. The van der Waals surface area contributed by atoms with Crippen LogP contribution in [-0.4, -0.2) is 58.7 Å². The third-order valence-electron chi connectivity index (χ3n) is 4.70. The van der Waals surface area contributed by atoms with E-state index in [1.54, 1.807) is 24.3 Å². The van der Waals surface area contributed by atoms with Crippen LogP contribution in [0.1, 0.15) is 20.7 Å². The average Bonchev–Trinajstić information content (AvgIpc) is 2.79. The van der Waals surface area contributed by atoms with E-state index in [4.69, 9.17) is 10.2 Å². The monoisotopic (exact) mass is 469 g/mol. The Morgan fingerprint density at radius 1 is 1.00 bits per heavy atom. The summed E-state index contributed by atoms with van der Waals surface area (Å²) in [5.41, 5.74) is 0.199. The average molecular weight is 469 g/mol. The first kappa shape index (κ1) is 23.6. The molecule has 1 aliphatic rings. The van der Waals surface area contributed by atoms with Gasteiger partial charge in [-0.3, -0.25) is 9.59 Å². The highest BCUT2D eigenvalue weighted by Gasteiger charge is 2.45. The molecule has 0 aliphatic carbocycles. The second-order valence-corrected chi connectivity index (χ2v) is 8.81. The van der Waals surface area contributed by atoms with Crippen LogP contribution >= 0.6 is 0 Å². The van der Waals surface area contributed by atoms with Crippen LogP contribution in [0, 0.1) is 0 Å². The summed E-state index contributed by atoms with van der Waals surface area (Å²) >= 11 is 0. The minimum atomic E-state index is -3.91. The number of carbonyl (C=O) groups excluding carboxylic acids is 2. The lowest BCUT2D eigenvalue weighted by Crippen LogP contribution is -2.53. The molecule has 170 valence electrons. The molecular formula is C22H19N3O7S. The number of hydrogen-bond acceptors (Lipinski definition) is 7. The van der Waals surface area contributed by atoms with Crippen molar-refractivity contribution in [3.8, 4) is 5.75 Å². The predicted octanol–water partition coefficient (Wildman–Crippen LogP) is 2.00. The van der Waals surface area contributed by atoms with E-state index in [2.05, 4.69) is 10.3 Å². The first-order valence-electron chi connectivity index (χ1n) is 9.48. The van der Waals surface area contributed by atoms with E-state index in [-0.39, 0.29) is 27.6 Å². The number of aromatic hydroxyl groups is 1. The second kappa shape index (κ2) is 9.59. The largest absolute Gasteiger partial charge is 0.508 e. The molecule has 1 unspecified atom stereocenters. The number of fused-ring (bicyclic) bond motifs is 1. The van der Waals surface area contributed by atoms with Crippen molar-refractivity contribution in [1.29, 1.82) is 0 Å². The summed E-state index contributed by atoms with van der Waals surface area (Å²) < 4.78 is 25.8. The normalized spacial score (nSPS) is 16.6. The minimum Gasteiger partial charge on any atom is -0.508 e. The van der Waals surface area contributed by atoms with Crippen molar-refractivity contribution in [3.05, 3.63) is 84.1 Å². The third-order valence-corrected chi connectivity index (χ3v) is 6.58. The number of carboxylic acid groups (broad SMARTS) is 1. The molecule has 1 aromatic heterocycles. The van der Waals surface area contributed by atoms with Gasteiger partial charge in [-0.25, -0.2) is 18.2 Å². The smallest absolute Gasteiger partial charge is 0.335 e. The Balaban J connectivity index is 0.000000257. The molecule has 0 fully saturated rings. The van der Waals surface area contributed by atoms with Gasteiger partial charge in [0.15, 0.2) is 11.8 Å². The summed E-state index contributed by atoms with van der Waals surface area (Å²) in [6.45, 7) is 0. The summed E-state index contributed by atoms with van der Waals surface area (Å²) in [5, 5.41) is 19.6. The van der Waals surface area contributed by atoms with E-state index in [9.17, 15) is 22.8 Å². The number of anilines is 1. The Morgan fingerprint density at radius 3 is 2.24 bits per heavy atom. The zero-order valence-corrected chi connectivity index (χ0v) is 18.1. The van der Waals surface area contributed by atoms with Crippen LogP contribution in [0.25, 0.3) is 0 Å². The van der Waals surface area contributed by atoms with Crippen molar-refractivity contribution in [2.75, 3.05) is 12.4 Å². The van der Waals surface area contributed by atoms with Crippen molar-refractivity contribution in [1.82, 2.24) is 9.29 Å². The van der Waals surface area contributed by atoms with E-state index < -0.39 is 33.7 Å². The minimum absolute atomic E-state index is 0.0202. The number of carbonyl (C=O) groups is 3. The molecule has 1 atom stereocenters. The number of sulfonamides is 1. The molecule has 11 heteroatoms. The zero-order valence-electron chi connectivity index (χ0n) is 17.2. The van der Waals surface area contributed by atoms with Gasteiger partial charge in [0, 0.05) is 18.8 Å². The molecule has 0 saturated carbocycles. The standard InChI is InChI=1S/C15H13N3O4S.C7H6O3/c1-18-13(15(20)17-12-8-4-5-9-16-12)14(19)10-6-2-3-7-11(10)23(18,21)22;8-6-3-1-5(2-4-6)7(9)10/h2-9,13H,1H3,(H,16,17,20);1-4,8H,(H,9,10). The van der Waals surface area contributed by atoms with Gasteiger partial charge in [-0.1, -0.05) is 18.2 Å². The highest BCUT2D eigenvalue weighted by molar-refractivity contribution is 7.89. The molecule has 4 rings (SSSR count). The number of nitrogens with one attached hydrogen (secondary N) is 1. The van der Waals surface area contributed by atoms with Crippen molar-refractivity contribution >= 4 is 33.5 Å². The summed E-state index contributed by atoms with van der Waals surface area (Å²) in [7, 11) is -2.69. The number of carboxylic acids is 1. The maximum absolute atomic E-state index is 12.6. The van der Waals surface area contributed by atoms with Gasteiger partial charge in [0.25, 0.3) is 5.91 Å². The Morgan fingerprint density at radius 2 is 1.64 bits per heavy atom. The molecule has 0 bridgehead atoms. The Kier molecular flexibility index (Phi) is 6.85. The Hall–Kier alpha value is -4.09. The number of phenolic OH excluding ortho intramolecular Hbond substituents is 1. The molecule has 3 aromatic rings. The van der Waals surface area contributed by atoms with Gasteiger partial charge in [-0.2, -0.15) is 4.31 Å². The van der Waals surface area contributed by atoms with Crippen molar-refractivity contribution < 1.29 is 33.0 Å². The summed E-state index contributed by atoms with van der Waals surface area (Å²) in [6.07, 6.45) is 1.48. The van der Waals surface area contributed by atoms with Crippen molar-refractivity contribution in [2.24, 2.45) is 0 Å². The van der Waals surface area contributed by atoms with E-state index in [1.165, 1.54) is 55.7 Å². The Bertz CT molecular complexity index is 1290. The van der Waals surface area contributed by atoms with Crippen LogP contribution in [0.2, 0.25) is 0 Å². The number of benzene rings is 2. The van der Waals surface area contributed by atoms with Gasteiger partial charge in [0.2, 0.25) is 10.0 Å². The summed E-state index contributed by atoms with van der Waals surface area (Å²) in [6, 6.07) is 14.6. The van der Waals surface area contributed by atoms with Gasteiger partial charge in [-0.05, 0) is 48.5 Å². The van der Waals surface area contributed by atoms with Gasteiger partial charge in [-0.15, -0.1) is 0 Å². The summed E-state index contributed by atoms with van der Waals surface area (Å²) in [4.78, 5) is 39.0. The molecule has 33 heavy (non-hydrogen) atoms. The van der Waals surface area contributed by atoms with Crippen molar-refractivity contribution in [3.63, 3.8) is 0 Å². The fourth-order valence-electron chi connectivity index (χ4n) is 3.02. The molecule has 10 nitrogen and oxygen atoms in total. The maximum atomic E-state index is 12.6. The van der Waals surface area contributed by atoms with E-state index in [0.717, 1.165) is 4.31 Å². The number of amides is 1. The fraction of sp³-hybridized carbons (Fsp3) is 0.0909. The fourth-order valence-corrected chi connectivity index (χ4v) is 4.50. The lowest BCUT2D eigenvalue weighted by Gasteiger charge is -2.30. The highest BCUT2D eigenvalue weighted by Crippen LogP contribution is 2.29. The number of hydrogen-bond donors (Lipinski definition) is 3. The van der Waals surface area contributed by atoms with Crippen LogP contribution in [-0.2, 0) is 14.8 Å². The number of rotatable bonds is 3. The number of pyridine rings is 1. The molecule has 2 aromatic carbocycles. The number of Topliss-reactive ketones (excluding diaryl/α,β-unsaturated/α-hetero) is 1. The number of nitrogens with zero attached hydrogens (tertiary/aromatic N) is 2. The second-order valence-electron chi connectivity index (χ2n) is 6.84. The summed E-state index contributed by atoms with van der Waals surface area (Å²) in [5.74, 6) is -1.97. The first-order chi connectivity index (χ1) is 15.6. The van der Waals surface area contributed by atoms with Gasteiger partial charge in [0.05, 0.1) is 10.5 Å². The van der Waals surface area contributed by atoms with Crippen LogP contribution in [0.3, 0.4) is 0 Å². The molecule has 0 radical (unpaired) electrons. The molecule has 0 spiro atoms. The SMILES string of the molecule is CN1C(C(=O)Nc2ccccn2)C(=O)c2ccccc2S1(=O)=O.O=C(O)c1ccc(O)cc1. The number of aromatic nitrogens is 1. The molecule has 1 amide bonds. The molecular weight excluding hydrogens is 450 g/mol. The number of ketones is 1. The van der Waals surface area contributed by atoms with Crippen molar-refractivity contribution in [2.45, 2.75) is 10.9 Å². The van der Waals surface area contributed by atoms with Gasteiger partial charge < -0.3 is 15.5 Å². The predicted molar refractivity (Wildman–Crippen MR) is 117 cm³/mol. The Labute approximate surface area is 189 Å². The van der Waals surface area contributed by atoms with Crippen LogP contribution in [0.4, 0.5) is 5.82 Å². The zero-order chi connectivity index (χ0) is 24.2. The topological polar surface area (TPSA) is 154 Å². The molecule has 1 aliphatic heterocycles. The number of phenols is 1. The quantitative estimate of drug-likeness (QED) is 0.492. The van der Waals surface area contributed by atoms with Crippen LogP contribution < -0.4 is 5.32 Å². The van der Waals surface area contributed by atoms with Gasteiger partial charge in [0.1, 0.15) is 11.6 Å². The molecule has 2 heterocycles. The van der Waals surface area contributed by atoms with Gasteiger partial charge >= 0.3 is 5.97 Å². The maximum Gasteiger partial charge on any atom is 0.335 e. The number of aromatic carboxylic acids is 1. The number of likely N-dealkylation sites (N-methyl/N-ethyl adjacent to an activating group) is 1. The molecule has 0 saturated heterocycles. The van der Waals surface area contributed by atoms with E-state index in [0.29, 0.717) is 0 Å². The third kappa shape index (κ3) is 5.05. The molecule has 3 N–H and O–H groups in total. The van der Waals surface area contributed by atoms with Crippen LogP contribution in [0.5, 0.6) is 5.75 Å². The van der Waals surface area contributed by atoms with E-state index >= 15 is 0 Å². The highest BCUT2D eigenvalue weighted by atomic mass is 32.2. The lowest BCUT2D eigenvalue weighted by molar-refractivity contribution is -0.118.